The van der Waals surface area contributed by atoms with Crippen molar-refractivity contribution in [3.63, 3.8) is 0 Å². The fourth-order valence-electron chi connectivity index (χ4n) is 2.93. The lowest BCUT2D eigenvalue weighted by atomic mass is 9.93. The standard InChI is InChI=1S/C15H20Cl2O/c1-2-10-6-7-11(8-10)14(18)9-12-4-3-5-13(16)15(12)17/h3-5,10-11,14,18H,2,6-9H2,1H3. The van der Waals surface area contributed by atoms with E-state index in [1.807, 2.05) is 12.1 Å². The van der Waals surface area contributed by atoms with Crippen LogP contribution in [0, 0.1) is 11.8 Å². The van der Waals surface area contributed by atoms with E-state index in [4.69, 9.17) is 23.2 Å². The number of hydrogen-bond donors (Lipinski definition) is 1. The van der Waals surface area contributed by atoms with Crippen molar-refractivity contribution in [3.8, 4) is 0 Å². The zero-order valence-corrected chi connectivity index (χ0v) is 12.2. The van der Waals surface area contributed by atoms with Gasteiger partial charge < -0.3 is 5.11 Å². The molecule has 0 amide bonds. The number of hydrogen-bond acceptors (Lipinski definition) is 1. The number of aliphatic hydroxyl groups excluding tert-OH is 1. The first-order chi connectivity index (χ1) is 8.61. The summed E-state index contributed by atoms with van der Waals surface area (Å²) in [5.74, 6) is 1.21. The van der Waals surface area contributed by atoms with Gasteiger partial charge in [0, 0.05) is 6.42 Å². The summed E-state index contributed by atoms with van der Waals surface area (Å²) in [6, 6.07) is 5.62. The lowest BCUT2D eigenvalue weighted by Crippen LogP contribution is -2.21. The van der Waals surface area contributed by atoms with Gasteiger partial charge in [-0.1, -0.05) is 55.1 Å². The summed E-state index contributed by atoms with van der Waals surface area (Å²) in [6.45, 7) is 2.23. The molecule has 1 aliphatic rings. The summed E-state index contributed by atoms with van der Waals surface area (Å²) in [6.07, 6.45) is 5.08. The van der Waals surface area contributed by atoms with E-state index in [0.29, 0.717) is 22.4 Å². The van der Waals surface area contributed by atoms with Gasteiger partial charge in [0.15, 0.2) is 0 Å². The summed E-state index contributed by atoms with van der Waals surface area (Å²) in [4.78, 5) is 0. The summed E-state index contributed by atoms with van der Waals surface area (Å²) in [7, 11) is 0. The largest absolute Gasteiger partial charge is 0.392 e. The fourth-order valence-corrected chi connectivity index (χ4v) is 3.33. The third-order valence-electron chi connectivity index (χ3n) is 4.16. The van der Waals surface area contributed by atoms with Crippen LogP contribution in [0.5, 0.6) is 0 Å². The Balaban J connectivity index is 1.99. The predicted octanol–water partition coefficient (Wildman–Crippen LogP) is 4.72. The molecule has 1 fully saturated rings. The molecule has 3 unspecified atom stereocenters. The summed E-state index contributed by atoms with van der Waals surface area (Å²) >= 11 is 12.1. The molecule has 0 aliphatic heterocycles. The first kappa shape index (κ1) is 14.2. The van der Waals surface area contributed by atoms with Crippen molar-refractivity contribution in [2.75, 3.05) is 0 Å². The van der Waals surface area contributed by atoms with Crippen molar-refractivity contribution in [2.45, 2.75) is 45.1 Å². The molecule has 1 aliphatic carbocycles. The van der Waals surface area contributed by atoms with Crippen molar-refractivity contribution in [1.82, 2.24) is 0 Å². The Bertz CT molecular complexity index is 405. The van der Waals surface area contributed by atoms with Gasteiger partial charge in [-0.25, -0.2) is 0 Å². The van der Waals surface area contributed by atoms with E-state index >= 15 is 0 Å². The third kappa shape index (κ3) is 3.20. The van der Waals surface area contributed by atoms with E-state index in [1.54, 1.807) is 6.07 Å². The number of halogens is 2. The second kappa shape index (κ2) is 6.27. The zero-order valence-electron chi connectivity index (χ0n) is 10.7. The average Bonchev–Trinajstić information content (AvgIpc) is 2.83. The maximum absolute atomic E-state index is 10.3. The van der Waals surface area contributed by atoms with Crippen LogP contribution in [0.4, 0.5) is 0 Å². The first-order valence-corrected chi connectivity index (χ1v) is 7.48. The van der Waals surface area contributed by atoms with E-state index in [9.17, 15) is 5.11 Å². The van der Waals surface area contributed by atoms with E-state index in [-0.39, 0.29) is 6.10 Å². The maximum atomic E-state index is 10.3. The molecule has 0 radical (unpaired) electrons. The van der Waals surface area contributed by atoms with E-state index in [1.165, 1.54) is 12.8 Å². The Morgan fingerprint density at radius 1 is 1.33 bits per heavy atom. The van der Waals surface area contributed by atoms with Crippen LogP contribution in [-0.4, -0.2) is 11.2 Å². The predicted molar refractivity (Wildman–Crippen MR) is 77.3 cm³/mol. The SMILES string of the molecule is CCC1CCC(C(O)Cc2cccc(Cl)c2Cl)C1. The van der Waals surface area contributed by atoms with Crippen molar-refractivity contribution >= 4 is 23.2 Å². The lowest BCUT2D eigenvalue weighted by Gasteiger charge is -2.19. The van der Waals surface area contributed by atoms with Crippen LogP contribution in [-0.2, 0) is 6.42 Å². The van der Waals surface area contributed by atoms with Gasteiger partial charge in [0.2, 0.25) is 0 Å². The Morgan fingerprint density at radius 3 is 2.78 bits per heavy atom. The molecule has 0 aromatic heterocycles. The summed E-state index contributed by atoms with van der Waals surface area (Å²) in [5.41, 5.74) is 0.955. The molecule has 0 bridgehead atoms. The van der Waals surface area contributed by atoms with Crippen LogP contribution in [0.1, 0.15) is 38.2 Å². The highest BCUT2D eigenvalue weighted by Crippen LogP contribution is 2.36. The van der Waals surface area contributed by atoms with Gasteiger partial charge in [-0.3, -0.25) is 0 Å². The minimum Gasteiger partial charge on any atom is -0.392 e. The second-order valence-electron chi connectivity index (χ2n) is 5.33. The topological polar surface area (TPSA) is 20.2 Å². The number of aliphatic hydroxyl groups is 1. The Labute approximate surface area is 119 Å². The van der Waals surface area contributed by atoms with E-state index < -0.39 is 0 Å². The minimum atomic E-state index is -0.294. The van der Waals surface area contributed by atoms with Crippen molar-refractivity contribution in [3.05, 3.63) is 33.8 Å². The Morgan fingerprint density at radius 2 is 2.11 bits per heavy atom. The highest BCUT2D eigenvalue weighted by molar-refractivity contribution is 6.42. The van der Waals surface area contributed by atoms with E-state index in [0.717, 1.165) is 24.3 Å². The molecule has 3 heteroatoms. The number of benzene rings is 1. The fraction of sp³-hybridized carbons (Fsp3) is 0.600. The molecular formula is C15H20Cl2O. The zero-order chi connectivity index (χ0) is 13.1. The molecule has 1 saturated carbocycles. The van der Waals surface area contributed by atoms with Crippen LogP contribution in [0.15, 0.2) is 18.2 Å². The van der Waals surface area contributed by atoms with Crippen molar-refractivity contribution < 1.29 is 5.11 Å². The third-order valence-corrected chi connectivity index (χ3v) is 5.02. The monoisotopic (exact) mass is 286 g/mol. The molecular weight excluding hydrogens is 267 g/mol. The molecule has 2 rings (SSSR count). The molecule has 1 N–H and O–H groups in total. The average molecular weight is 287 g/mol. The van der Waals surface area contributed by atoms with E-state index in [2.05, 4.69) is 6.92 Å². The highest BCUT2D eigenvalue weighted by atomic mass is 35.5. The van der Waals surface area contributed by atoms with Crippen molar-refractivity contribution in [2.24, 2.45) is 11.8 Å². The van der Waals surface area contributed by atoms with Crippen LogP contribution < -0.4 is 0 Å². The molecule has 1 aromatic rings. The normalized spacial score (nSPS) is 25.3. The molecule has 0 heterocycles. The van der Waals surface area contributed by atoms with Gasteiger partial charge >= 0.3 is 0 Å². The van der Waals surface area contributed by atoms with Gasteiger partial charge in [-0.2, -0.15) is 0 Å². The molecule has 18 heavy (non-hydrogen) atoms. The Hall–Kier alpha value is -0.240. The Kier molecular flexibility index (Phi) is 4.94. The van der Waals surface area contributed by atoms with Crippen LogP contribution in [0.25, 0.3) is 0 Å². The summed E-state index contributed by atoms with van der Waals surface area (Å²) in [5, 5.41) is 11.5. The molecule has 0 saturated heterocycles. The van der Waals surface area contributed by atoms with Crippen LogP contribution >= 0.6 is 23.2 Å². The summed E-state index contributed by atoms with van der Waals surface area (Å²) < 4.78 is 0. The smallest absolute Gasteiger partial charge is 0.0625 e. The van der Waals surface area contributed by atoms with Crippen LogP contribution in [0.2, 0.25) is 10.0 Å². The molecule has 1 aromatic carbocycles. The van der Waals surface area contributed by atoms with Crippen molar-refractivity contribution in [1.29, 1.82) is 0 Å². The maximum Gasteiger partial charge on any atom is 0.0625 e. The highest BCUT2D eigenvalue weighted by Gasteiger charge is 2.29. The van der Waals surface area contributed by atoms with Gasteiger partial charge in [-0.05, 0) is 36.3 Å². The first-order valence-electron chi connectivity index (χ1n) is 6.72. The quantitative estimate of drug-likeness (QED) is 0.849. The van der Waals surface area contributed by atoms with Crippen LogP contribution in [0.3, 0.4) is 0 Å². The lowest BCUT2D eigenvalue weighted by molar-refractivity contribution is 0.108. The number of rotatable bonds is 4. The molecule has 3 atom stereocenters. The molecule has 0 spiro atoms. The van der Waals surface area contributed by atoms with Gasteiger partial charge in [0.25, 0.3) is 0 Å². The second-order valence-corrected chi connectivity index (χ2v) is 6.12. The molecule has 1 nitrogen and oxygen atoms in total. The minimum absolute atomic E-state index is 0.294. The molecule has 100 valence electrons. The van der Waals surface area contributed by atoms with Gasteiger partial charge in [0.05, 0.1) is 16.1 Å². The van der Waals surface area contributed by atoms with Gasteiger partial charge in [-0.15, -0.1) is 0 Å². The van der Waals surface area contributed by atoms with Gasteiger partial charge in [0.1, 0.15) is 0 Å².